The Morgan fingerprint density at radius 3 is 2.51 bits per heavy atom. The van der Waals surface area contributed by atoms with Crippen molar-refractivity contribution in [1.82, 2.24) is 5.32 Å². The van der Waals surface area contributed by atoms with E-state index in [9.17, 15) is 9.90 Å². The number of aliphatic hydroxyl groups excluding tert-OH is 1. The van der Waals surface area contributed by atoms with Crippen LogP contribution in [0.25, 0.3) is 5.57 Å². The van der Waals surface area contributed by atoms with E-state index in [0.29, 0.717) is 24.3 Å². The normalized spacial score (nSPS) is 22.2. The Balaban J connectivity index is 0.00000195. The molecule has 5 atom stereocenters. The maximum absolute atomic E-state index is 12.8. The maximum Gasteiger partial charge on any atom is 0.251 e. The van der Waals surface area contributed by atoms with E-state index >= 15 is 0 Å². The zero-order chi connectivity index (χ0) is 32.3. The van der Waals surface area contributed by atoms with Crippen molar-refractivity contribution in [2.75, 3.05) is 13.6 Å². The molecule has 0 bridgehead atoms. The molecule has 1 aromatic rings. The largest absolute Gasteiger partial charge is 0.393 e. The summed E-state index contributed by atoms with van der Waals surface area (Å²) in [5.41, 5.74) is 16.8. The van der Waals surface area contributed by atoms with Crippen LogP contribution in [0.1, 0.15) is 122 Å². The number of carbonyl (C=O) groups is 1. The summed E-state index contributed by atoms with van der Waals surface area (Å²) in [6.07, 6.45) is 25.5. The number of aliphatic hydroxyl groups is 1. The molecule has 3 unspecified atom stereocenters. The second kappa shape index (κ2) is 22.9. The molecule has 0 aliphatic heterocycles. The number of hydrogen-bond acceptors (Lipinski definition) is 4. The summed E-state index contributed by atoms with van der Waals surface area (Å²) in [5, 5.41) is 13.7. The number of fused-ring (bicyclic) bond motifs is 1. The number of allylic oxidation sites excluding steroid dienone is 4. The van der Waals surface area contributed by atoms with E-state index in [4.69, 9.17) is 5.73 Å². The third-order valence-electron chi connectivity index (χ3n) is 9.28. The van der Waals surface area contributed by atoms with E-state index in [-0.39, 0.29) is 25.5 Å². The minimum Gasteiger partial charge on any atom is -0.393 e. The van der Waals surface area contributed by atoms with Crippen molar-refractivity contribution in [1.29, 1.82) is 0 Å². The Morgan fingerprint density at radius 2 is 1.84 bits per heavy atom. The molecule has 254 valence electrons. The van der Waals surface area contributed by atoms with Crippen LogP contribution in [-0.4, -0.2) is 36.8 Å². The molecule has 1 aromatic carbocycles. The Bertz CT molecular complexity index is 1090. The molecule has 0 heterocycles. The van der Waals surface area contributed by atoms with Gasteiger partial charge in [-0.05, 0) is 124 Å². The summed E-state index contributed by atoms with van der Waals surface area (Å²) in [5.74, 6) is 1.71. The first-order valence-electron chi connectivity index (χ1n) is 17.6. The molecule has 4 rings (SSSR count). The average molecular weight is 622 g/mol. The first-order valence-corrected chi connectivity index (χ1v) is 17.6. The molecule has 3 aliphatic carbocycles. The van der Waals surface area contributed by atoms with Crippen molar-refractivity contribution < 1.29 is 9.90 Å². The topological polar surface area (TPSA) is 101 Å². The lowest BCUT2D eigenvalue weighted by Gasteiger charge is -2.33. The lowest BCUT2D eigenvalue weighted by molar-refractivity contribution is -0.117. The zero-order valence-electron chi connectivity index (χ0n) is 28.3. The number of carbonyl (C=O) groups excluding carboxylic acids is 1. The predicted octanol–water partition coefficient (Wildman–Crippen LogP) is 8.46. The highest BCUT2D eigenvalue weighted by molar-refractivity contribution is 5.96. The van der Waals surface area contributed by atoms with Crippen LogP contribution in [0, 0.1) is 17.8 Å². The third-order valence-corrected chi connectivity index (χ3v) is 9.28. The van der Waals surface area contributed by atoms with Crippen LogP contribution in [-0.2, 0) is 17.6 Å². The van der Waals surface area contributed by atoms with Crippen LogP contribution < -0.4 is 16.8 Å². The smallest absolute Gasteiger partial charge is 0.251 e. The van der Waals surface area contributed by atoms with Crippen LogP contribution in [0.2, 0.25) is 0 Å². The molecule has 0 spiro atoms. The fourth-order valence-electron chi connectivity index (χ4n) is 7.10. The van der Waals surface area contributed by atoms with E-state index < -0.39 is 0 Å². The van der Waals surface area contributed by atoms with E-state index in [1.165, 1.54) is 55.0 Å². The van der Waals surface area contributed by atoms with Gasteiger partial charge in [0, 0.05) is 11.6 Å². The summed E-state index contributed by atoms with van der Waals surface area (Å²) in [4.78, 5) is 12.8. The van der Waals surface area contributed by atoms with Gasteiger partial charge in [-0.25, -0.2) is 0 Å². The molecular weight excluding hydrogens is 554 g/mol. The van der Waals surface area contributed by atoms with Crippen molar-refractivity contribution in [3.63, 3.8) is 0 Å². The molecule has 0 saturated heterocycles. The summed E-state index contributed by atoms with van der Waals surface area (Å²) in [7, 11) is 1.50. The first-order chi connectivity index (χ1) is 21.5. The quantitative estimate of drug-likeness (QED) is 0.117. The molecule has 5 nitrogen and oxygen atoms in total. The molecule has 6 N–H and O–H groups in total. The van der Waals surface area contributed by atoms with Gasteiger partial charge in [-0.2, -0.15) is 0 Å². The van der Waals surface area contributed by atoms with Gasteiger partial charge >= 0.3 is 0 Å². The Kier molecular flexibility index (Phi) is 20.7. The molecular formula is C40H67N3O2. The zero-order valence-corrected chi connectivity index (χ0v) is 28.3. The van der Waals surface area contributed by atoms with Crippen molar-refractivity contribution in [2.24, 2.45) is 29.2 Å². The highest BCUT2D eigenvalue weighted by Crippen LogP contribution is 2.39. The number of amides is 1. The van der Waals surface area contributed by atoms with E-state index in [1.807, 2.05) is 26.0 Å². The van der Waals surface area contributed by atoms with Crippen LogP contribution in [0.4, 0.5) is 0 Å². The second-order valence-electron chi connectivity index (χ2n) is 12.5. The molecule has 1 saturated carbocycles. The minimum atomic E-state index is -0.135. The lowest BCUT2D eigenvalue weighted by Crippen LogP contribution is -2.34. The fraction of sp³-hybridized carbons (Fsp3) is 0.625. The molecule has 5 heteroatoms. The SMILES string of the molecule is C.C=C[C@H](CCCCN)NC(=O)C1=CCC(CCC2=CCc3cccc(CC4CC(O)C[C@@H](CCCC)C4)c32)C=C1.CC.CN. The minimum absolute atomic E-state index is 0. The van der Waals surface area contributed by atoms with Crippen LogP contribution in [0.15, 0.2) is 60.7 Å². The standard InChI is InChI=1S/C36H52N2O2.C2H6.CH5N.CH4/c1-3-5-9-27-22-28(25-34(39)24-27)23-32-11-8-10-29-19-20-30(35(29)32)16-13-26-14-17-31(18-15-26)36(40)38-33(4-2)12-6-7-21-37;2*1-2;/h4,8,10-11,14,17-18,20,26-28,33-34,39H,2-3,5-7,9,12-13,15-16,19,21-25,37H2,1H3,(H,38,40);1-2H3;2H2,1H3;1H4/t26?,27-,28?,33+,34?;;;/m0.../s1. The number of nitrogens with two attached hydrogens (primary N) is 2. The fourth-order valence-corrected chi connectivity index (χ4v) is 7.10. The Labute approximate surface area is 276 Å². The van der Waals surface area contributed by atoms with E-state index in [2.05, 4.69) is 61.0 Å². The predicted molar refractivity (Wildman–Crippen MR) is 196 cm³/mol. The number of rotatable bonds is 15. The molecule has 3 aliphatic rings. The Hall–Kier alpha value is -2.47. The highest BCUT2D eigenvalue weighted by atomic mass is 16.3. The van der Waals surface area contributed by atoms with Gasteiger partial charge < -0.3 is 21.9 Å². The summed E-state index contributed by atoms with van der Waals surface area (Å²) in [6, 6.07) is 6.85. The number of nitrogens with one attached hydrogen (secondary N) is 1. The monoisotopic (exact) mass is 622 g/mol. The Morgan fingerprint density at radius 1 is 1.09 bits per heavy atom. The number of hydrogen-bond donors (Lipinski definition) is 4. The molecule has 0 radical (unpaired) electrons. The van der Waals surface area contributed by atoms with Gasteiger partial charge in [-0.15, -0.1) is 6.58 Å². The number of unbranched alkanes of at least 4 members (excludes halogenated alkanes) is 2. The lowest BCUT2D eigenvalue weighted by atomic mass is 9.74. The first kappa shape index (κ1) is 40.6. The molecule has 45 heavy (non-hydrogen) atoms. The van der Waals surface area contributed by atoms with E-state index in [1.54, 1.807) is 0 Å². The van der Waals surface area contributed by atoms with E-state index in [0.717, 1.165) is 69.8 Å². The van der Waals surface area contributed by atoms with Crippen molar-refractivity contribution in [3.05, 3.63) is 77.4 Å². The summed E-state index contributed by atoms with van der Waals surface area (Å²) < 4.78 is 0. The maximum atomic E-state index is 12.8. The molecule has 1 amide bonds. The van der Waals surface area contributed by atoms with Gasteiger partial charge in [0.15, 0.2) is 0 Å². The van der Waals surface area contributed by atoms with Crippen molar-refractivity contribution in [3.8, 4) is 0 Å². The molecule has 1 fully saturated rings. The average Bonchev–Trinajstić information content (AvgIpc) is 3.48. The van der Waals surface area contributed by atoms with Gasteiger partial charge in [0.1, 0.15) is 0 Å². The van der Waals surface area contributed by atoms with Gasteiger partial charge in [-0.1, -0.05) is 96.0 Å². The van der Waals surface area contributed by atoms with Gasteiger partial charge in [0.25, 0.3) is 5.91 Å². The van der Waals surface area contributed by atoms with Gasteiger partial charge in [-0.3, -0.25) is 4.79 Å². The van der Waals surface area contributed by atoms with Gasteiger partial charge in [0.2, 0.25) is 0 Å². The second-order valence-corrected chi connectivity index (χ2v) is 12.5. The summed E-state index contributed by atoms with van der Waals surface area (Å²) >= 11 is 0. The van der Waals surface area contributed by atoms with Crippen LogP contribution >= 0.6 is 0 Å². The number of benzene rings is 1. The highest BCUT2D eigenvalue weighted by Gasteiger charge is 2.29. The summed E-state index contributed by atoms with van der Waals surface area (Å²) in [6.45, 7) is 10.8. The van der Waals surface area contributed by atoms with Gasteiger partial charge in [0.05, 0.1) is 6.10 Å². The molecule has 0 aromatic heterocycles. The van der Waals surface area contributed by atoms with Crippen LogP contribution in [0.3, 0.4) is 0 Å². The van der Waals surface area contributed by atoms with Crippen molar-refractivity contribution >= 4 is 11.5 Å². The van der Waals surface area contributed by atoms with Crippen molar-refractivity contribution in [2.45, 2.75) is 130 Å². The third kappa shape index (κ3) is 13.0. The van der Waals surface area contributed by atoms with Crippen LogP contribution in [0.5, 0.6) is 0 Å².